The Hall–Kier alpha value is -0.890. The van der Waals surface area contributed by atoms with Gasteiger partial charge in [-0.2, -0.15) is 18.2 Å². The van der Waals surface area contributed by atoms with Crippen molar-refractivity contribution in [3.8, 4) is 0 Å². The van der Waals surface area contributed by atoms with E-state index < -0.39 is 6.30 Å². The van der Waals surface area contributed by atoms with E-state index in [2.05, 4.69) is 26.0 Å². The van der Waals surface area contributed by atoms with Crippen LogP contribution in [0.25, 0.3) is 0 Å². The Morgan fingerprint density at radius 3 is 2.86 bits per heavy atom. The smallest absolute Gasteiger partial charge is 0.257 e. The van der Waals surface area contributed by atoms with Crippen molar-refractivity contribution < 1.29 is 13.2 Å². The van der Waals surface area contributed by atoms with Crippen molar-refractivity contribution in [2.24, 2.45) is 10.1 Å². The van der Waals surface area contributed by atoms with Gasteiger partial charge in [-0.1, -0.05) is 0 Å². The van der Waals surface area contributed by atoms with Crippen LogP contribution in [0.1, 0.15) is 0 Å². The van der Waals surface area contributed by atoms with Gasteiger partial charge in [0, 0.05) is 15.9 Å². The monoisotopic (exact) mass is 268 g/mol. The van der Waals surface area contributed by atoms with Crippen LogP contribution in [0, 0.1) is 0 Å². The molecule has 0 aliphatic carbocycles. The average molecular weight is 269 g/mol. The molecule has 0 fully saturated rings. The van der Waals surface area contributed by atoms with E-state index in [1.165, 1.54) is 11.2 Å². The number of halogens is 4. The Morgan fingerprint density at radius 1 is 1.50 bits per heavy atom. The van der Waals surface area contributed by atoms with E-state index in [9.17, 15) is 13.2 Å². The Balaban J connectivity index is 2.20. The van der Waals surface area contributed by atoms with Crippen LogP contribution in [0.2, 0.25) is 0 Å². The van der Waals surface area contributed by atoms with Gasteiger partial charge in [-0.25, -0.2) is 0 Å². The van der Waals surface area contributed by atoms with Crippen LogP contribution in [0.3, 0.4) is 0 Å². The second-order valence-electron chi connectivity index (χ2n) is 2.64. The number of amidine groups is 1. The van der Waals surface area contributed by atoms with Crippen LogP contribution in [0.5, 0.6) is 0 Å². The molecule has 2 rings (SSSR count). The van der Waals surface area contributed by atoms with Gasteiger partial charge in [0.25, 0.3) is 4.61 Å². The van der Waals surface area contributed by atoms with Crippen molar-refractivity contribution in [2.45, 2.75) is 6.30 Å². The molecule has 0 spiro atoms. The minimum atomic E-state index is -4.41. The second-order valence-corrected chi connectivity index (χ2v) is 3.45. The predicted molar refractivity (Wildman–Crippen MR) is 47.8 cm³/mol. The number of rotatable bonds is 0. The molecule has 0 saturated heterocycles. The highest BCUT2D eigenvalue weighted by Crippen LogP contribution is 2.25. The molecule has 2 heterocycles. The third-order valence-corrected chi connectivity index (χ3v) is 2.25. The number of fused-ring (bicyclic) bond motifs is 1. The third-order valence-electron chi connectivity index (χ3n) is 1.71. The molecule has 4 nitrogen and oxygen atoms in total. The number of aliphatic imine (C=N–C) groups is 1. The predicted octanol–water partition coefficient (Wildman–Crippen LogP) is 1.51. The fourth-order valence-corrected chi connectivity index (χ4v) is 1.45. The molecule has 0 saturated carbocycles. The number of hydrazone groups is 1. The van der Waals surface area contributed by atoms with Gasteiger partial charge in [0.1, 0.15) is 12.7 Å². The number of alkyl halides is 3. The molecule has 0 aromatic rings. The van der Waals surface area contributed by atoms with Gasteiger partial charge in [-0.15, -0.1) is 0 Å². The standard InChI is InChI=1S/C6H4BrF3N4/c7-4-1-11-5-2-13(6(8,9)10)3-12-14(4)5/h1,3H,2H2/q+1. The van der Waals surface area contributed by atoms with Crippen LogP contribution in [-0.4, -0.2) is 29.9 Å². The van der Waals surface area contributed by atoms with Gasteiger partial charge in [0.05, 0.1) is 5.01 Å². The summed E-state index contributed by atoms with van der Waals surface area (Å²) in [7, 11) is 0. The lowest BCUT2D eigenvalue weighted by Crippen LogP contribution is -2.48. The van der Waals surface area contributed by atoms with Crippen molar-refractivity contribution in [2.75, 3.05) is 6.54 Å². The summed E-state index contributed by atoms with van der Waals surface area (Å²) in [6.07, 6.45) is -2.26. The zero-order valence-corrected chi connectivity index (χ0v) is 8.25. The lowest BCUT2D eigenvalue weighted by Gasteiger charge is -2.22. The van der Waals surface area contributed by atoms with Crippen molar-refractivity contribution in [1.29, 1.82) is 0 Å². The molecule has 0 unspecified atom stereocenters. The number of hydrogen-bond donors (Lipinski definition) is 0. The van der Waals surface area contributed by atoms with Crippen LogP contribution < -0.4 is 5.01 Å². The van der Waals surface area contributed by atoms with E-state index in [0.717, 1.165) is 6.34 Å². The second kappa shape index (κ2) is 3.06. The summed E-state index contributed by atoms with van der Waals surface area (Å²) in [5.74, 6) is 0.247. The van der Waals surface area contributed by atoms with Gasteiger partial charge < -0.3 is 0 Å². The number of nitrogens with zero attached hydrogens (tertiary/aromatic N) is 4. The fourth-order valence-electron chi connectivity index (χ4n) is 1.05. The first kappa shape index (κ1) is 9.66. The van der Waals surface area contributed by atoms with Crippen LogP contribution >= 0.6 is 15.9 Å². The SMILES string of the molecule is FC(F)(F)N1C=N[N+]2C(Br)=CN=C2C1. The molecule has 1 radical (unpaired) electrons. The summed E-state index contributed by atoms with van der Waals surface area (Å²) in [4.78, 5) is 3.95. The Kier molecular flexibility index (Phi) is 2.11. The van der Waals surface area contributed by atoms with E-state index in [1.54, 1.807) is 0 Å². The molecule has 0 aromatic carbocycles. The van der Waals surface area contributed by atoms with Gasteiger partial charge in [-0.3, -0.25) is 4.90 Å². The molecule has 8 heteroatoms. The van der Waals surface area contributed by atoms with Crippen LogP contribution in [0.15, 0.2) is 20.9 Å². The maximum Gasteiger partial charge on any atom is 0.486 e. The molecular formula is C6H4BrF3N4+. The summed E-state index contributed by atoms with van der Waals surface area (Å²) in [6, 6.07) is 0. The molecule has 2 aliphatic rings. The minimum absolute atomic E-state index is 0.168. The highest BCUT2D eigenvalue weighted by atomic mass is 79.9. The summed E-state index contributed by atoms with van der Waals surface area (Å²) in [6.45, 7) is -0.321. The Labute approximate surface area is 85.5 Å². The highest BCUT2D eigenvalue weighted by Gasteiger charge is 2.45. The van der Waals surface area contributed by atoms with Gasteiger partial charge in [0.2, 0.25) is 0 Å². The molecule has 0 atom stereocenters. The van der Waals surface area contributed by atoms with E-state index >= 15 is 0 Å². The first-order valence-electron chi connectivity index (χ1n) is 3.58. The molecule has 0 N–H and O–H groups in total. The van der Waals surface area contributed by atoms with E-state index in [1.807, 2.05) is 0 Å². The maximum absolute atomic E-state index is 12.2. The van der Waals surface area contributed by atoms with Gasteiger partial charge in [0.15, 0.2) is 6.34 Å². The van der Waals surface area contributed by atoms with Crippen molar-refractivity contribution >= 4 is 28.1 Å². The van der Waals surface area contributed by atoms with Gasteiger partial charge in [-0.05, 0) is 5.10 Å². The molecule has 14 heavy (non-hydrogen) atoms. The van der Waals surface area contributed by atoms with Gasteiger partial charge >= 0.3 is 12.1 Å². The first-order valence-corrected chi connectivity index (χ1v) is 4.38. The largest absolute Gasteiger partial charge is 0.486 e. The Bertz CT molecular complexity index is 345. The topological polar surface area (TPSA) is 33.9 Å². The lowest BCUT2D eigenvalue weighted by atomic mass is 10.5. The molecule has 75 valence electrons. The van der Waals surface area contributed by atoms with Crippen molar-refractivity contribution in [1.82, 2.24) is 9.91 Å². The summed E-state index contributed by atoms with van der Waals surface area (Å²) in [5, 5.41) is 4.90. The zero-order valence-electron chi connectivity index (χ0n) is 6.66. The third kappa shape index (κ3) is 1.55. The molecule has 0 amide bonds. The van der Waals surface area contributed by atoms with Crippen molar-refractivity contribution in [3.63, 3.8) is 0 Å². The Morgan fingerprint density at radius 2 is 2.21 bits per heavy atom. The number of hydrogen-bond acceptors (Lipinski definition) is 4. The van der Waals surface area contributed by atoms with E-state index in [-0.39, 0.29) is 17.3 Å². The molecule has 0 aromatic heterocycles. The van der Waals surface area contributed by atoms with E-state index in [0.29, 0.717) is 4.61 Å². The van der Waals surface area contributed by atoms with Crippen LogP contribution in [0.4, 0.5) is 13.2 Å². The summed E-state index contributed by atoms with van der Waals surface area (Å²) >= 11 is 3.11. The zero-order chi connectivity index (χ0) is 10.3. The summed E-state index contributed by atoms with van der Waals surface area (Å²) in [5.41, 5.74) is 0. The highest BCUT2D eigenvalue weighted by molar-refractivity contribution is 9.11. The molecule has 2 aliphatic heterocycles. The van der Waals surface area contributed by atoms with E-state index in [4.69, 9.17) is 0 Å². The first-order chi connectivity index (χ1) is 6.48. The lowest BCUT2D eigenvalue weighted by molar-refractivity contribution is -0.212. The molecule has 0 bridgehead atoms. The van der Waals surface area contributed by atoms with Crippen LogP contribution in [-0.2, 0) is 0 Å². The quantitative estimate of drug-likeness (QED) is 0.484. The normalized spacial score (nSPS) is 22.1. The molecular weight excluding hydrogens is 265 g/mol. The minimum Gasteiger partial charge on any atom is -0.257 e. The summed E-state index contributed by atoms with van der Waals surface area (Å²) < 4.78 is 37.2. The maximum atomic E-state index is 12.2. The fraction of sp³-hybridized carbons (Fsp3) is 0.333. The average Bonchev–Trinajstić information content (AvgIpc) is 2.46. The van der Waals surface area contributed by atoms with Crippen molar-refractivity contribution in [3.05, 3.63) is 10.8 Å².